The molecular weight excluding hydrogens is 252 g/mol. The second-order valence-corrected chi connectivity index (χ2v) is 5.27. The molecule has 0 atom stereocenters. The van der Waals surface area contributed by atoms with E-state index in [1.165, 1.54) is 0 Å². The van der Waals surface area contributed by atoms with E-state index in [9.17, 15) is 4.79 Å². The van der Waals surface area contributed by atoms with Crippen LogP contribution in [-0.2, 0) is 4.79 Å². The Morgan fingerprint density at radius 2 is 1.95 bits per heavy atom. The van der Waals surface area contributed by atoms with Gasteiger partial charge in [0.2, 0.25) is 0 Å². The van der Waals surface area contributed by atoms with Gasteiger partial charge in [0.25, 0.3) is 5.91 Å². The quantitative estimate of drug-likeness (QED) is 0.824. The van der Waals surface area contributed by atoms with Crippen LogP contribution in [0.5, 0.6) is 5.75 Å². The number of hydrogen-bond donors (Lipinski definition) is 0. The number of likely N-dealkylation sites (N-methyl/N-ethyl adjacent to an activating group) is 1. The minimum Gasteiger partial charge on any atom is -0.484 e. The number of likely N-dealkylation sites (tertiary alicyclic amines) is 1. The Hall–Kier alpha value is -1.55. The highest BCUT2D eigenvalue weighted by molar-refractivity contribution is 5.77. The molecule has 2 rings (SSSR count). The van der Waals surface area contributed by atoms with E-state index in [1.807, 2.05) is 42.3 Å². The van der Waals surface area contributed by atoms with E-state index < -0.39 is 0 Å². The number of hydrogen-bond acceptors (Lipinski definition) is 3. The second kappa shape index (κ2) is 7.29. The SMILES string of the molecule is CCN1CCC(N(C)C(=O)COc2ccccc2)CC1. The highest BCUT2D eigenvalue weighted by atomic mass is 16.5. The lowest BCUT2D eigenvalue weighted by atomic mass is 10.0. The Balaban J connectivity index is 1.77. The van der Waals surface area contributed by atoms with Gasteiger partial charge in [0.15, 0.2) is 6.61 Å². The van der Waals surface area contributed by atoms with E-state index >= 15 is 0 Å². The zero-order valence-corrected chi connectivity index (χ0v) is 12.4. The Bertz CT molecular complexity index is 414. The minimum absolute atomic E-state index is 0.0591. The molecule has 0 radical (unpaired) electrons. The molecule has 1 aliphatic rings. The normalized spacial score (nSPS) is 16.9. The van der Waals surface area contributed by atoms with Gasteiger partial charge in [-0.05, 0) is 31.5 Å². The molecule has 0 aliphatic carbocycles. The Morgan fingerprint density at radius 1 is 1.30 bits per heavy atom. The molecule has 0 spiro atoms. The van der Waals surface area contributed by atoms with Crippen LogP contribution in [-0.4, -0.2) is 55.0 Å². The number of carbonyl (C=O) groups excluding carboxylic acids is 1. The number of carbonyl (C=O) groups is 1. The van der Waals surface area contributed by atoms with Crippen LogP contribution < -0.4 is 4.74 Å². The summed E-state index contributed by atoms with van der Waals surface area (Å²) in [5.74, 6) is 0.804. The van der Waals surface area contributed by atoms with Crippen LogP contribution in [0.15, 0.2) is 30.3 Å². The van der Waals surface area contributed by atoms with Gasteiger partial charge in [0.1, 0.15) is 5.75 Å². The van der Waals surface area contributed by atoms with Gasteiger partial charge in [0, 0.05) is 26.2 Å². The zero-order chi connectivity index (χ0) is 14.4. The van der Waals surface area contributed by atoms with Crippen molar-refractivity contribution in [1.29, 1.82) is 0 Å². The number of piperidine rings is 1. The molecule has 0 bridgehead atoms. The number of ether oxygens (including phenoxy) is 1. The molecule has 0 saturated carbocycles. The van der Waals surface area contributed by atoms with Crippen LogP contribution in [0, 0.1) is 0 Å². The smallest absolute Gasteiger partial charge is 0.260 e. The van der Waals surface area contributed by atoms with E-state index in [4.69, 9.17) is 4.74 Å². The molecule has 0 N–H and O–H groups in total. The van der Waals surface area contributed by atoms with E-state index in [-0.39, 0.29) is 12.5 Å². The average molecular weight is 276 g/mol. The summed E-state index contributed by atoms with van der Waals surface area (Å²) in [5.41, 5.74) is 0. The van der Waals surface area contributed by atoms with Crippen molar-refractivity contribution in [2.45, 2.75) is 25.8 Å². The van der Waals surface area contributed by atoms with Crippen LogP contribution >= 0.6 is 0 Å². The standard InChI is InChI=1S/C16H24N2O2/c1-3-18-11-9-14(10-12-18)17(2)16(19)13-20-15-7-5-4-6-8-15/h4-8,14H,3,9-13H2,1-2H3. The lowest BCUT2D eigenvalue weighted by Gasteiger charge is -2.36. The van der Waals surface area contributed by atoms with Crippen LogP contribution in [0.4, 0.5) is 0 Å². The van der Waals surface area contributed by atoms with Crippen LogP contribution in [0.3, 0.4) is 0 Å². The third-order valence-electron chi connectivity index (χ3n) is 4.05. The summed E-state index contributed by atoms with van der Waals surface area (Å²) in [7, 11) is 1.89. The lowest BCUT2D eigenvalue weighted by molar-refractivity contribution is -0.135. The Morgan fingerprint density at radius 3 is 2.55 bits per heavy atom. The van der Waals surface area contributed by atoms with Crippen LogP contribution in [0.1, 0.15) is 19.8 Å². The first-order valence-electron chi connectivity index (χ1n) is 7.36. The molecule has 1 heterocycles. The van der Waals surface area contributed by atoms with Gasteiger partial charge in [-0.25, -0.2) is 0 Å². The number of para-hydroxylation sites is 1. The number of rotatable bonds is 5. The molecule has 1 aliphatic heterocycles. The van der Waals surface area contributed by atoms with Crippen molar-refractivity contribution in [2.24, 2.45) is 0 Å². The maximum Gasteiger partial charge on any atom is 0.260 e. The third-order valence-corrected chi connectivity index (χ3v) is 4.05. The van der Waals surface area contributed by atoms with Crippen molar-refractivity contribution < 1.29 is 9.53 Å². The van der Waals surface area contributed by atoms with Crippen molar-refractivity contribution in [3.63, 3.8) is 0 Å². The summed E-state index contributed by atoms with van der Waals surface area (Å²) in [6.45, 7) is 5.57. The summed E-state index contributed by atoms with van der Waals surface area (Å²) in [6.07, 6.45) is 2.11. The van der Waals surface area contributed by atoms with Gasteiger partial charge in [-0.2, -0.15) is 0 Å². The van der Waals surface area contributed by atoms with Crippen molar-refractivity contribution in [3.8, 4) is 5.75 Å². The van der Waals surface area contributed by atoms with Crippen molar-refractivity contribution in [2.75, 3.05) is 33.3 Å². The van der Waals surface area contributed by atoms with E-state index in [2.05, 4.69) is 11.8 Å². The number of nitrogens with zero attached hydrogens (tertiary/aromatic N) is 2. The topological polar surface area (TPSA) is 32.8 Å². The van der Waals surface area contributed by atoms with Crippen LogP contribution in [0.25, 0.3) is 0 Å². The summed E-state index contributed by atoms with van der Waals surface area (Å²) in [6, 6.07) is 9.83. The van der Waals surface area contributed by atoms with Gasteiger partial charge in [-0.3, -0.25) is 4.79 Å². The predicted octanol–water partition coefficient (Wildman–Crippen LogP) is 2.01. The monoisotopic (exact) mass is 276 g/mol. The maximum absolute atomic E-state index is 12.2. The van der Waals surface area contributed by atoms with Gasteiger partial charge in [-0.15, -0.1) is 0 Å². The van der Waals surface area contributed by atoms with E-state index in [0.29, 0.717) is 6.04 Å². The molecule has 20 heavy (non-hydrogen) atoms. The zero-order valence-electron chi connectivity index (χ0n) is 12.4. The third kappa shape index (κ3) is 3.97. The molecule has 0 aromatic heterocycles. The first-order valence-corrected chi connectivity index (χ1v) is 7.36. The van der Waals surface area contributed by atoms with Crippen LogP contribution in [0.2, 0.25) is 0 Å². The molecule has 4 nitrogen and oxygen atoms in total. The molecule has 1 fully saturated rings. The minimum atomic E-state index is 0.0591. The fourth-order valence-corrected chi connectivity index (χ4v) is 2.59. The van der Waals surface area contributed by atoms with E-state index in [0.717, 1.165) is 38.2 Å². The molecule has 110 valence electrons. The molecule has 4 heteroatoms. The second-order valence-electron chi connectivity index (χ2n) is 5.27. The van der Waals surface area contributed by atoms with Crippen molar-refractivity contribution in [1.82, 2.24) is 9.80 Å². The molecule has 1 aromatic rings. The fraction of sp³-hybridized carbons (Fsp3) is 0.562. The average Bonchev–Trinajstić information content (AvgIpc) is 2.53. The number of benzene rings is 1. The predicted molar refractivity (Wildman–Crippen MR) is 79.8 cm³/mol. The summed E-state index contributed by atoms with van der Waals surface area (Å²) >= 11 is 0. The molecular formula is C16H24N2O2. The van der Waals surface area contributed by atoms with Gasteiger partial charge < -0.3 is 14.5 Å². The summed E-state index contributed by atoms with van der Waals surface area (Å²) in [5, 5.41) is 0. The molecule has 1 aromatic carbocycles. The van der Waals surface area contributed by atoms with Crippen molar-refractivity contribution in [3.05, 3.63) is 30.3 Å². The maximum atomic E-state index is 12.2. The Labute approximate surface area is 121 Å². The highest BCUT2D eigenvalue weighted by Gasteiger charge is 2.24. The molecule has 1 saturated heterocycles. The lowest BCUT2D eigenvalue weighted by Crippen LogP contribution is -2.46. The first-order chi connectivity index (χ1) is 9.70. The summed E-state index contributed by atoms with van der Waals surface area (Å²) < 4.78 is 5.52. The molecule has 0 unspecified atom stereocenters. The van der Waals surface area contributed by atoms with Gasteiger partial charge in [0.05, 0.1) is 0 Å². The largest absolute Gasteiger partial charge is 0.484 e. The molecule has 1 amide bonds. The highest BCUT2D eigenvalue weighted by Crippen LogP contribution is 2.15. The number of amides is 1. The Kier molecular flexibility index (Phi) is 5.41. The van der Waals surface area contributed by atoms with Crippen molar-refractivity contribution >= 4 is 5.91 Å². The van der Waals surface area contributed by atoms with Gasteiger partial charge >= 0.3 is 0 Å². The van der Waals surface area contributed by atoms with E-state index in [1.54, 1.807) is 0 Å². The first kappa shape index (κ1) is 14.9. The fourth-order valence-electron chi connectivity index (χ4n) is 2.59. The van der Waals surface area contributed by atoms with Gasteiger partial charge in [-0.1, -0.05) is 25.1 Å². The summed E-state index contributed by atoms with van der Waals surface area (Å²) in [4.78, 5) is 16.4.